The molecule has 0 aliphatic carbocycles. The highest BCUT2D eigenvalue weighted by Crippen LogP contribution is 2.35. The molecule has 1 saturated heterocycles. The van der Waals surface area contributed by atoms with Gasteiger partial charge < -0.3 is 19.3 Å². The van der Waals surface area contributed by atoms with Gasteiger partial charge in [0.15, 0.2) is 0 Å². The lowest BCUT2D eigenvalue weighted by molar-refractivity contribution is -0.267. The quantitative estimate of drug-likeness (QED) is 0.692. The molecule has 3 unspecified atom stereocenters. The molecular formula is C24H32O4. The van der Waals surface area contributed by atoms with Crippen LogP contribution < -0.4 is 0 Å². The van der Waals surface area contributed by atoms with Crippen molar-refractivity contribution in [2.24, 2.45) is 0 Å². The molecule has 4 atom stereocenters. The van der Waals surface area contributed by atoms with Crippen LogP contribution >= 0.6 is 0 Å². The topological polar surface area (TPSA) is 47.9 Å². The number of benzene rings is 2. The predicted octanol–water partition coefficient (Wildman–Crippen LogP) is 4.50. The molecule has 28 heavy (non-hydrogen) atoms. The van der Waals surface area contributed by atoms with Gasteiger partial charge in [-0.05, 0) is 24.5 Å². The molecule has 0 bridgehead atoms. The third-order valence-electron chi connectivity index (χ3n) is 5.55. The summed E-state index contributed by atoms with van der Waals surface area (Å²) in [4.78, 5) is 0. The minimum absolute atomic E-state index is 0.295. The average Bonchev–Trinajstić information content (AvgIpc) is 2.74. The minimum atomic E-state index is -1.07. The zero-order valence-electron chi connectivity index (χ0n) is 16.9. The third kappa shape index (κ3) is 5.21. The number of unbranched alkanes of at least 4 members (excludes halogenated alkanes) is 1. The highest BCUT2D eigenvalue weighted by atomic mass is 16.6. The largest absolute Gasteiger partial charge is 0.384 e. The van der Waals surface area contributed by atoms with Crippen molar-refractivity contribution in [3.8, 4) is 0 Å². The second kappa shape index (κ2) is 10.2. The van der Waals surface area contributed by atoms with Gasteiger partial charge in [-0.25, -0.2) is 0 Å². The van der Waals surface area contributed by atoms with E-state index in [0.29, 0.717) is 26.2 Å². The Morgan fingerprint density at radius 1 is 0.964 bits per heavy atom. The van der Waals surface area contributed by atoms with Gasteiger partial charge >= 0.3 is 0 Å². The molecule has 2 aromatic carbocycles. The maximum Gasteiger partial charge on any atom is 0.119 e. The summed E-state index contributed by atoms with van der Waals surface area (Å²) in [5.74, 6) is 0. The predicted molar refractivity (Wildman–Crippen MR) is 110 cm³/mol. The van der Waals surface area contributed by atoms with Crippen molar-refractivity contribution >= 4 is 0 Å². The first kappa shape index (κ1) is 21.0. The lowest BCUT2D eigenvalue weighted by atomic mass is 9.81. The molecule has 0 spiro atoms. The van der Waals surface area contributed by atoms with Gasteiger partial charge in [-0.3, -0.25) is 0 Å². The summed E-state index contributed by atoms with van der Waals surface area (Å²) in [6.45, 7) is 5.39. The lowest BCUT2D eigenvalue weighted by Gasteiger charge is -2.47. The molecule has 152 valence electrons. The molecule has 1 aliphatic rings. The Bertz CT molecular complexity index is 690. The number of ether oxygens (including phenoxy) is 3. The van der Waals surface area contributed by atoms with Crippen molar-refractivity contribution in [1.82, 2.24) is 0 Å². The summed E-state index contributed by atoms with van der Waals surface area (Å²) < 4.78 is 18.4. The van der Waals surface area contributed by atoms with E-state index in [0.717, 1.165) is 24.0 Å². The molecule has 1 heterocycles. The first-order valence-corrected chi connectivity index (χ1v) is 10.3. The van der Waals surface area contributed by atoms with Crippen LogP contribution in [0, 0.1) is 0 Å². The fourth-order valence-electron chi connectivity index (χ4n) is 3.75. The Hall–Kier alpha value is -1.72. The molecule has 4 heteroatoms. The fraction of sp³-hybridized carbons (Fsp3) is 0.500. The van der Waals surface area contributed by atoms with Crippen LogP contribution in [0.2, 0.25) is 0 Å². The Morgan fingerprint density at radius 3 is 2.11 bits per heavy atom. The van der Waals surface area contributed by atoms with Gasteiger partial charge in [0.1, 0.15) is 17.8 Å². The van der Waals surface area contributed by atoms with Crippen molar-refractivity contribution in [2.75, 3.05) is 6.61 Å². The number of aliphatic hydroxyl groups is 1. The highest BCUT2D eigenvalue weighted by molar-refractivity contribution is 5.15. The summed E-state index contributed by atoms with van der Waals surface area (Å²) in [5, 5.41) is 11.5. The summed E-state index contributed by atoms with van der Waals surface area (Å²) in [5.41, 5.74) is 1.12. The molecule has 1 fully saturated rings. The molecule has 3 rings (SSSR count). The summed E-state index contributed by atoms with van der Waals surface area (Å²) >= 11 is 0. The monoisotopic (exact) mass is 384 g/mol. The van der Waals surface area contributed by atoms with E-state index < -0.39 is 11.7 Å². The summed E-state index contributed by atoms with van der Waals surface area (Å²) in [6, 6.07) is 20.1. The lowest BCUT2D eigenvalue weighted by Crippen LogP contribution is -2.63. The van der Waals surface area contributed by atoms with Crippen LogP contribution in [-0.4, -0.2) is 35.6 Å². The smallest absolute Gasteiger partial charge is 0.119 e. The van der Waals surface area contributed by atoms with Gasteiger partial charge in [-0.15, -0.1) is 0 Å². The molecule has 1 aliphatic heterocycles. The standard InChI is InChI=1S/C24H32O4/c1-3-4-15-24(25)19(2)26-18-22(27-16-20-11-7-5-8-12-20)23(24)28-17-21-13-9-6-10-14-21/h5-14,19,22-23,25H,3-4,15-18H2,1-2H3/t19?,22?,23?,24-/m1/s1. The van der Waals surface area contributed by atoms with Crippen LogP contribution in [0.25, 0.3) is 0 Å². The van der Waals surface area contributed by atoms with E-state index >= 15 is 0 Å². The highest BCUT2D eigenvalue weighted by Gasteiger charge is 2.51. The zero-order chi connectivity index (χ0) is 19.8. The normalized spacial score (nSPS) is 27.6. The van der Waals surface area contributed by atoms with Crippen LogP contribution in [0.15, 0.2) is 60.7 Å². The van der Waals surface area contributed by atoms with E-state index in [1.807, 2.05) is 67.6 Å². The first-order valence-electron chi connectivity index (χ1n) is 10.3. The van der Waals surface area contributed by atoms with Gasteiger partial charge in [0.05, 0.1) is 25.9 Å². The van der Waals surface area contributed by atoms with Crippen molar-refractivity contribution in [2.45, 2.75) is 70.2 Å². The van der Waals surface area contributed by atoms with E-state index in [2.05, 4.69) is 6.92 Å². The maximum atomic E-state index is 11.5. The Labute approximate surface area is 168 Å². The van der Waals surface area contributed by atoms with Crippen molar-refractivity contribution < 1.29 is 19.3 Å². The zero-order valence-corrected chi connectivity index (χ0v) is 16.9. The molecule has 0 amide bonds. The van der Waals surface area contributed by atoms with Gasteiger partial charge in [0.25, 0.3) is 0 Å². The summed E-state index contributed by atoms with van der Waals surface area (Å²) in [6.07, 6.45) is 1.51. The molecule has 0 aromatic heterocycles. The van der Waals surface area contributed by atoms with Gasteiger partial charge in [0, 0.05) is 0 Å². The number of rotatable bonds is 9. The van der Waals surface area contributed by atoms with Crippen LogP contribution in [0.1, 0.15) is 44.2 Å². The second-order valence-corrected chi connectivity index (χ2v) is 7.62. The number of hydrogen-bond donors (Lipinski definition) is 1. The van der Waals surface area contributed by atoms with Crippen LogP contribution in [0.4, 0.5) is 0 Å². The summed E-state index contributed by atoms with van der Waals surface area (Å²) in [7, 11) is 0. The SMILES string of the molecule is CCCC[C@@]1(O)C(C)OCC(OCc2ccccc2)C1OCc1ccccc1. The van der Waals surface area contributed by atoms with Crippen LogP contribution in [-0.2, 0) is 27.4 Å². The van der Waals surface area contributed by atoms with Gasteiger partial charge in [-0.1, -0.05) is 80.4 Å². The Kier molecular flexibility index (Phi) is 7.63. The maximum absolute atomic E-state index is 11.5. The molecule has 0 radical (unpaired) electrons. The van der Waals surface area contributed by atoms with Crippen LogP contribution in [0.3, 0.4) is 0 Å². The van der Waals surface area contributed by atoms with E-state index in [-0.39, 0.29) is 12.2 Å². The van der Waals surface area contributed by atoms with E-state index in [9.17, 15) is 5.11 Å². The molecular weight excluding hydrogens is 352 g/mol. The third-order valence-corrected chi connectivity index (χ3v) is 5.55. The second-order valence-electron chi connectivity index (χ2n) is 7.62. The van der Waals surface area contributed by atoms with Crippen molar-refractivity contribution in [3.63, 3.8) is 0 Å². The van der Waals surface area contributed by atoms with Crippen molar-refractivity contribution in [1.29, 1.82) is 0 Å². The van der Waals surface area contributed by atoms with E-state index in [1.165, 1.54) is 0 Å². The van der Waals surface area contributed by atoms with Crippen molar-refractivity contribution in [3.05, 3.63) is 71.8 Å². The number of hydrogen-bond acceptors (Lipinski definition) is 4. The van der Waals surface area contributed by atoms with Gasteiger partial charge in [0.2, 0.25) is 0 Å². The fourth-order valence-corrected chi connectivity index (χ4v) is 3.75. The van der Waals surface area contributed by atoms with Gasteiger partial charge in [-0.2, -0.15) is 0 Å². The molecule has 2 aromatic rings. The average molecular weight is 385 g/mol. The molecule has 0 saturated carbocycles. The minimum Gasteiger partial charge on any atom is -0.384 e. The Balaban J connectivity index is 1.74. The first-order chi connectivity index (χ1) is 13.6. The van der Waals surface area contributed by atoms with E-state index in [4.69, 9.17) is 14.2 Å². The molecule has 1 N–H and O–H groups in total. The van der Waals surface area contributed by atoms with E-state index in [1.54, 1.807) is 0 Å². The molecule has 4 nitrogen and oxygen atoms in total. The Morgan fingerprint density at radius 2 is 1.54 bits per heavy atom. The van der Waals surface area contributed by atoms with Crippen LogP contribution in [0.5, 0.6) is 0 Å².